The van der Waals surface area contributed by atoms with Gasteiger partial charge in [0.2, 0.25) is 0 Å². The van der Waals surface area contributed by atoms with Crippen LogP contribution in [0.3, 0.4) is 0 Å². The van der Waals surface area contributed by atoms with Crippen LogP contribution in [0.1, 0.15) is 38.5 Å². The third kappa shape index (κ3) is 2.38. The van der Waals surface area contributed by atoms with Gasteiger partial charge in [-0.3, -0.25) is 0 Å². The van der Waals surface area contributed by atoms with E-state index in [1.807, 2.05) is 0 Å². The summed E-state index contributed by atoms with van der Waals surface area (Å²) >= 11 is 0. The molecule has 0 nitrogen and oxygen atoms in total. The molecule has 0 bridgehead atoms. The van der Waals surface area contributed by atoms with Crippen molar-refractivity contribution in [2.24, 2.45) is 0 Å². The molecule has 1 aliphatic carbocycles. The highest BCUT2D eigenvalue weighted by molar-refractivity contribution is 5.14. The molecule has 0 heteroatoms. The van der Waals surface area contributed by atoms with E-state index in [0.29, 0.717) is 0 Å². The molecule has 1 rings (SSSR count). The first-order valence-corrected chi connectivity index (χ1v) is 4.17. The second-order valence-corrected chi connectivity index (χ2v) is 2.90. The van der Waals surface area contributed by atoms with Gasteiger partial charge in [-0.25, -0.2) is 0 Å². The Bertz CT molecular complexity index is 131. The van der Waals surface area contributed by atoms with Crippen LogP contribution in [-0.4, -0.2) is 0 Å². The van der Waals surface area contributed by atoms with Gasteiger partial charge in [0.05, 0.1) is 0 Å². The molecule has 1 radical (unpaired) electrons. The summed E-state index contributed by atoms with van der Waals surface area (Å²) in [5.74, 6) is 0. The van der Waals surface area contributed by atoms with Crippen molar-refractivity contribution in [3.05, 3.63) is 24.3 Å². The van der Waals surface area contributed by atoms with Crippen molar-refractivity contribution in [1.29, 1.82) is 0 Å². The predicted molar refractivity (Wildman–Crippen MR) is 44.7 cm³/mol. The Hall–Kier alpha value is -0.520. The van der Waals surface area contributed by atoms with Gasteiger partial charge in [-0.2, -0.15) is 0 Å². The van der Waals surface area contributed by atoms with E-state index in [-0.39, 0.29) is 0 Å². The normalized spacial score (nSPS) is 25.8. The molecule has 0 atom stereocenters. The quantitative estimate of drug-likeness (QED) is 0.517. The minimum Gasteiger partial charge on any atom is -0.0813 e. The van der Waals surface area contributed by atoms with Crippen LogP contribution >= 0.6 is 0 Å². The summed E-state index contributed by atoms with van der Waals surface area (Å²) in [6.07, 6.45) is 11.9. The van der Waals surface area contributed by atoms with Crippen LogP contribution in [-0.2, 0) is 0 Å². The van der Waals surface area contributed by atoms with Gasteiger partial charge in [-0.15, -0.1) is 0 Å². The lowest BCUT2D eigenvalue weighted by Crippen LogP contribution is -1.86. The van der Waals surface area contributed by atoms with Crippen molar-refractivity contribution in [3.8, 4) is 0 Å². The van der Waals surface area contributed by atoms with Crippen LogP contribution < -0.4 is 0 Å². The van der Waals surface area contributed by atoms with Crippen molar-refractivity contribution in [3.63, 3.8) is 0 Å². The van der Waals surface area contributed by atoms with Crippen LogP contribution in [0.15, 0.2) is 17.7 Å². The van der Waals surface area contributed by atoms with Gasteiger partial charge in [0.15, 0.2) is 0 Å². The Balaban J connectivity index is 2.43. The molecule has 0 fully saturated rings. The van der Waals surface area contributed by atoms with Crippen molar-refractivity contribution in [2.75, 3.05) is 0 Å². The monoisotopic (exact) mass is 135 g/mol. The van der Waals surface area contributed by atoms with Gasteiger partial charge in [-0.05, 0) is 25.7 Å². The van der Waals surface area contributed by atoms with Gasteiger partial charge < -0.3 is 0 Å². The summed E-state index contributed by atoms with van der Waals surface area (Å²) in [5, 5.41) is 0. The summed E-state index contributed by atoms with van der Waals surface area (Å²) in [6.45, 7) is 5.43. The molecule has 0 amide bonds. The summed E-state index contributed by atoms with van der Waals surface area (Å²) < 4.78 is 0. The molecule has 0 spiro atoms. The summed E-state index contributed by atoms with van der Waals surface area (Å²) in [4.78, 5) is 0. The smallest absolute Gasteiger partial charge is 0.0282 e. The molecule has 0 aromatic heterocycles. The van der Waals surface area contributed by atoms with Gasteiger partial charge in [-0.1, -0.05) is 37.1 Å². The maximum Gasteiger partial charge on any atom is -0.0282 e. The molecule has 1 aliphatic rings. The molecule has 55 valence electrons. The van der Waals surface area contributed by atoms with E-state index >= 15 is 0 Å². The average molecular weight is 135 g/mol. The van der Waals surface area contributed by atoms with E-state index in [9.17, 15) is 0 Å². The number of rotatable bonds is 1. The average Bonchev–Trinajstić information content (AvgIpc) is 1.87. The lowest BCUT2D eigenvalue weighted by molar-refractivity contribution is 0.630. The van der Waals surface area contributed by atoms with E-state index in [4.69, 9.17) is 6.58 Å². The Morgan fingerprint density at radius 3 is 2.80 bits per heavy atom. The summed E-state index contributed by atoms with van der Waals surface area (Å²) in [6, 6.07) is 0. The fourth-order valence-electron chi connectivity index (χ4n) is 1.37. The topological polar surface area (TPSA) is 0 Å². The summed E-state index contributed by atoms with van der Waals surface area (Å²) in [7, 11) is 0. The number of hydrogen-bond acceptors (Lipinski definition) is 0. The van der Waals surface area contributed by atoms with E-state index in [1.54, 1.807) is 6.08 Å². The highest BCUT2D eigenvalue weighted by Crippen LogP contribution is 2.16. The van der Waals surface area contributed by atoms with E-state index in [0.717, 1.165) is 0 Å². The van der Waals surface area contributed by atoms with Crippen molar-refractivity contribution >= 4 is 0 Å². The second kappa shape index (κ2) is 4.32. The second-order valence-electron chi connectivity index (χ2n) is 2.90. The van der Waals surface area contributed by atoms with E-state index in [1.165, 1.54) is 44.1 Å². The molecular weight excluding hydrogens is 120 g/mol. The molecular formula is C10H15. The molecule has 0 aliphatic heterocycles. The van der Waals surface area contributed by atoms with Gasteiger partial charge in [0.25, 0.3) is 0 Å². The first kappa shape index (κ1) is 7.59. The molecule has 0 N–H and O–H groups in total. The zero-order valence-electron chi connectivity index (χ0n) is 6.47. The first-order chi connectivity index (χ1) is 4.93. The molecule has 0 aromatic carbocycles. The highest BCUT2D eigenvalue weighted by Gasteiger charge is 1.97. The summed E-state index contributed by atoms with van der Waals surface area (Å²) in [5.41, 5.74) is 1.35. The zero-order valence-corrected chi connectivity index (χ0v) is 6.47. The minimum absolute atomic E-state index is 1.19. The van der Waals surface area contributed by atoms with Crippen LogP contribution in [0.25, 0.3) is 0 Å². The SMILES string of the molecule is [CH]=C/C1=C/CCCCCC1. The van der Waals surface area contributed by atoms with Crippen LogP contribution in [0.5, 0.6) is 0 Å². The molecule has 0 saturated heterocycles. The minimum atomic E-state index is 1.19. The zero-order chi connectivity index (χ0) is 7.23. The maximum atomic E-state index is 5.43. The fourth-order valence-corrected chi connectivity index (χ4v) is 1.37. The van der Waals surface area contributed by atoms with E-state index in [2.05, 4.69) is 6.08 Å². The van der Waals surface area contributed by atoms with Crippen LogP contribution in [0, 0.1) is 6.58 Å². The first-order valence-electron chi connectivity index (χ1n) is 4.17. The fraction of sp³-hybridized carbons (Fsp3) is 0.600. The Kier molecular flexibility index (Phi) is 3.28. The third-order valence-electron chi connectivity index (χ3n) is 2.04. The lowest BCUT2D eigenvalue weighted by Gasteiger charge is -2.06. The Morgan fingerprint density at radius 1 is 1.20 bits per heavy atom. The van der Waals surface area contributed by atoms with Crippen LogP contribution in [0.2, 0.25) is 0 Å². The van der Waals surface area contributed by atoms with Gasteiger partial charge >= 0.3 is 0 Å². The molecule has 0 unspecified atom stereocenters. The van der Waals surface area contributed by atoms with Crippen molar-refractivity contribution in [2.45, 2.75) is 38.5 Å². The lowest BCUT2D eigenvalue weighted by atomic mass is 10.0. The Labute approximate surface area is 63.6 Å². The maximum absolute atomic E-state index is 5.43. The van der Waals surface area contributed by atoms with Gasteiger partial charge in [0.1, 0.15) is 0 Å². The number of allylic oxidation sites excluding steroid dienone is 3. The molecule has 10 heavy (non-hydrogen) atoms. The van der Waals surface area contributed by atoms with Crippen molar-refractivity contribution < 1.29 is 0 Å². The molecule has 0 heterocycles. The molecule has 0 saturated carbocycles. The number of hydrogen-bond donors (Lipinski definition) is 0. The molecule has 0 aromatic rings. The van der Waals surface area contributed by atoms with Crippen molar-refractivity contribution in [1.82, 2.24) is 0 Å². The van der Waals surface area contributed by atoms with Gasteiger partial charge in [0, 0.05) is 0 Å². The van der Waals surface area contributed by atoms with Crippen LogP contribution in [0.4, 0.5) is 0 Å². The standard InChI is InChI=1S/C10H15/c1-2-10-8-6-4-3-5-7-9-10/h1-2,8H,3-7,9H2/b2-1?,10-8-. The third-order valence-corrected chi connectivity index (χ3v) is 2.04. The van der Waals surface area contributed by atoms with E-state index < -0.39 is 0 Å². The largest absolute Gasteiger partial charge is 0.0813 e. The predicted octanol–water partition coefficient (Wildman–Crippen LogP) is 3.26. The highest BCUT2D eigenvalue weighted by atomic mass is 14.0. The Morgan fingerprint density at radius 2 is 2.00 bits per heavy atom.